The number of nitrogens with zero attached hydrogens (tertiary/aromatic N) is 8. The Balaban J connectivity index is 0.000000230. The zero-order valence-corrected chi connectivity index (χ0v) is 80.0. The van der Waals surface area contributed by atoms with Crippen molar-refractivity contribution in [3.05, 3.63) is 230 Å². The van der Waals surface area contributed by atoms with Crippen LogP contribution >= 0.6 is 0 Å². The second-order valence-corrected chi connectivity index (χ2v) is 40.1. The number of aliphatic imine (C=N–C) groups is 1. The highest BCUT2D eigenvalue weighted by Crippen LogP contribution is 2.55. The lowest BCUT2D eigenvalue weighted by Gasteiger charge is -2.43. The number of hydrogen-bond acceptors (Lipinski definition) is 16. The molecular formula is C109H148N8O11. The average Bonchev–Trinajstić information content (AvgIpc) is 1.36. The van der Waals surface area contributed by atoms with Gasteiger partial charge in [-0.2, -0.15) is 9.59 Å². The number of rotatable bonds is 25. The number of benzene rings is 6. The van der Waals surface area contributed by atoms with Crippen LogP contribution in [0.5, 0.6) is 17.2 Å². The van der Waals surface area contributed by atoms with Crippen molar-refractivity contribution in [3.63, 3.8) is 0 Å². The monoisotopic (exact) mass is 1750 g/mol. The van der Waals surface area contributed by atoms with Crippen LogP contribution in [-0.2, 0) is 57.7 Å². The van der Waals surface area contributed by atoms with Gasteiger partial charge in [0.25, 0.3) is 0 Å². The molecule has 128 heavy (non-hydrogen) atoms. The third-order valence-electron chi connectivity index (χ3n) is 26.5. The number of anilines is 6. The number of aromatic carboxylic acids is 2. The number of fused-ring (bicyclic) bond motifs is 6. The van der Waals surface area contributed by atoms with Crippen molar-refractivity contribution in [2.75, 3.05) is 55.7 Å². The van der Waals surface area contributed by atoms with Crippen molar-refractivity contribution in [2.45, 2.75) is 313 Å². The van der Waals surface area contributed by atoms with E-state index in [9.17, 15) is 14.4 Å². The molecule has 3 N–H and O–H groups in total. The summed E-state index contributed by atoms with van der Waals surface area (Å²) < 4.78 is 18.8. The minimum Gasteiger partial charge on any atom is -0.493 e. The van der Waals surface area contributed by atoms with Crippen LogP contribution in [0.15, 0.2) is 157 Å². The van der Waals surface area contributed by atoms with Crippen molar-refractivity contribution in [3.8, 4) is 17.2 Å². The van der Waals surface area contributed by atoms with Gasteiger partial charge in [-0.25, -0.2) is 39.3 Å². The minimum absolute atomic E-state index is 0. The van der Waals surface area contributed by atoms with Crippen LogP contribution in [0.25, 0.3) is 5.57 Å². The maximum absolute atomic E-state index is 11.2. The van der Waals surface area contributed by atoms with Crippen molar-refractivity contribution >= 4 is 75.7 Å². The summed E-state index contributed by atoms with van der Waals surface area (Å²) in [5.41, 5.74) is 25.0. The molecule has 690 valence electrons. The fraction of sp³-hybridized carbons (Fsp3) is 0.495. The summed E-state index contributed by atoms with van der Waals surface area (Å²) >= 11 is 0. The molecule has 8 aromatic rings. The van der Waals surface area contributed by atoms with Gasteiger partial charge in [-0.3, -0.25) is 0 Å². The van der Waals surface area contributed by atoms with Gasteiger partial charge < -0.3 is 44.2 Å². The fourth-order valence-electron chi connectivity index (χ4n) is 17.7. The fourth-order valence-corrected chi connectivity index (χ4v) is 17.7. The lowest BCUT2D eigenvalue weighted by Crippen LogP contribution is -2.34. The number of aromatic nitrogens is 4. The number of allylic oxidation sites excluding steroid dienone is 5. The molecule has 0 spiro atoms. The zero-order valence-electron chi connectivity index (χ0n) is 80.0. The molecular weight excluding hydrogens is 1600 g/mol. The van der Waals surface area contributed by atoms with Crippen LogP contribution in [0.3, 0.4) is 0 Å². The molecule has 0 atom stereocenters. The van der Waals surface area contributed by atoms with Crippen LogP contribution in [0.1, 0.15) is 350 Å². The first-order valence-corrected chi connectivity index (χ1v) is 45.2. The van der Waals surface area contributed by atoms with Gasteiger partial charge >= 0.3 is 24.1 Å². The third-order valence-corrected chi connectivity index (χ3v) is 26.5. The predicted octanol–water partition coefficient (Wildman–Crippen LogP) is 27.2. The maximum Gasteiger partial charge on any atom is 0.373 e. The number of ether oxygens (including phenoxy) is 3. The first-order chi connectivity index (χ1) is 59.2. The van der Waals surface area contributed by atoms with Crippen LogP contribution in [0, 0.1) is 6.92 Å². The van der Waals surface area contributed by atoms with Gasteiger partial charge in [-0.1, -0.05) is 233 Å². The Bertz CT molecular complexity index is 5350. The Morgan fingerprint density at radius 1 is 0.469 bits per heavy atom. The summed E-state index contributed by atoms with van der Waals surface area (Å²) in [7, 11) is 5.99. The van der Waals surface area contributed by atoms with Gasteiger partial charge in [-0.05, 0) is 257 Å². The lowest BCUT2D eigenvalue weighted by atomic mass is 9.62. The van der Waals surface area contributed by atoms with Crippen LogP contribution in [0.2, 0.25) is 0 Å². The molecule has 0 radical (unpaired) electrons. The number of carboxylic acid groups (broad SMARTS) is 3. The molecule has 0 unspecified atom stereocenters. The Kier molecular flexibility index (Phi) is 35.3. The zero-order chi connectivity index (χ0) is 92.8. The first-order valence-electron chi connectivity index (χ1n) is 45.2. The Labute approximate surface area is 765 Å². The molecule has 0 bridgehead atoms. The topological polar surface area (TPSA) is 247 Å². The van der Waals surface area contributed by atoms with E-state index in [4.69, 9.17) is 44.1 Å². The molecule has 4 aliphatic carbocycles. The average molecular weight is 1750 g/mol. The summed E-state index contributed by atoms with van der Waals surface area (Å²) in [6, 6.07) is 35.6. The summed E-state index contributed by atoms with van der Waals surface area (Å²) in [5.74, 6) is 0.488. The second kappa shape index (κ2) is 43.4. The number of aliphatic carboxylic acids is 1. The Morgan fingerprint density at radius 2 is 0.844 bits per heavy atom. The van der Waals surface area contributed by atoms with Crippen LogP contribution in [0.4, 0.5) is 40.3 Å². The number of hydrogen-bond donors (Lipinski definition) is 3. The molecule has 5 aliphatic rings. The van der Waals surface area contributed by atoms with E-state index in [1.807, 2.05) is 42.1 Å². The SMILES string of the molecule is C.C.CCCCCCOc1cc2c(cc1N(C)c1ncc(C(=O)O)cn1)C(C)(C)CCC2(C)C.CCCCCOc1cc2c(cc1N(C)c1ncc(C(=O)O)cn1)C(C)(C)CCC2(C)C.CCCOc1cc2c(cc1\C(C)=C/C=C/C(C)=C/C(=O)O)C(C)(C)CCC2(C)C.Cc1ccc2c(c1)N=C(c1ccccc1)c1cc3c(cc1N2C)C(C)(C)CCC3(C)C.O=C=O. The van der Waals surface area contributed by atoms with Crippen molar-refractivity contribution in [2.24, 2.45) is 4.99 Å². The molecule has 1 aliphatic heterocycles. The number of unbranched alkanes of at least 4 members (excludes halogenated alkanes) is 5. The quantitative estimate of drug-likeness (QED) is 0.0273. The molecule has 2 aromatic heterocycles. The van der Waals surface area contributed by atoms with E-state index in [-0.39, 0.29) is 75.5 Å². The highest BCUT2D eigenvalue weighted by atomic mass is 16.5. The maximum atomic E-state index is 11.2. The minimum atomic E-state index is -1.04. The molecule has 0 fully saturated rings. The molecule has 19 nitrogen and oxygen atoms in total. The van der Waals surface area contributed by atoms with Crippen molar-refractivity contribution in [1.29, 1.82) is 0 Å². The standard InChI is InChI=1S/C29H32N2.C26H37N3O3.C26H36O3.C25H35N3O3.CO2.2CH4/c1-19-12-13-25-24(16-19)30-27(20-10-8-7-9-11-20)21-17-22-23(18-26(21)31(25)6)29(4,5)15-14-28(22,2)3;1-7-8-9-10-13-32-22-15-20-19(25(2,3)11-12-26(20,4)5)14-21(22)29(6)24-27-16-18(17-28-24)23(30)31;1-8-14-29-23-17-22-21(25(4,5)12-13-26(22,6)7)16-20(23)19(3)11-9-10-18(2)15-24(27)28;1-7-8-9-12-31-21-14-19-18(24(2,3)10-11-25(19,4)5)13-20(21)28(6)23-26-15-17(16-27-23)22(29)30;2-1-3;;/h7-13,16-18H,14-15H2,1-6H3;14-17H,7-13H2,1-6H3,(H,30,31);9-11,15-17H,8,12-14H2,1-7H3,(H,27,28);13-16H,7-12H2,1-6H3,(H,29,30);;2*1H4/b;;10-9+,18-15+,19-11-;;;;. The number of aryl methyl sites for hydroxylation is 1. The van der Waals surface area contributed by atoms with E-state index in [1.54, 1.807) is 6.92 Å². The van der Waals surface area contributed by atoms with E-state index in [0.717, 1.165) is 121 Å². The number of carboxylic acids is 3. The Morgan fingerprint density at radius 3 is 1.25 bits per heavy atom. The molecule has 13 rings (SSSR count). The molecule has 19 heteroatoms. The smallest absolute Gasteiger partial charge is 0.373 e. The largest absolute Gasteiger partial charge is 0.493 e. The summed E-state index contributed by atoms with van der Waals surface area (Å²) in [5, 5.41) is 27.2. The van der Waals surface area contributed by atoms with Gasteiger partial charge in [0.2, 0.25) is 11.9 Å². The Hall–Kier alpha value is -11.0. The van der Waals surface area contributed by atoms with Crippen LogP contribution in [-0.4, -0.2) is 106 Å². The second-order valence-electron chi connectivity index (χ2n) is 40.1. The van der Waals surface area contributed by atoms with Crippen molar-refractivity contribution < 1.29 is 53.5 Å². The van der Waals surface area contributed by atoms with Gasteiger partial charge in [0, 0.05) is 68.7 Å². The van der Waals surface area contributed by atoms with Gasteiger partial charge in [0.15, 0.2) is 0 Å². The summed E-state index contributed by atoms with van der Waals surface area (Å²) in [4.78, 5) is 77.9. The molecule has 0 amide bonds. The highest BCUT2D eigenvalue weighted by Gasteiger charge is 2.44. The predicted molar refractivity (Wildman–Crippen MR) is 525 cm³/mol. The van der Waals surface area contributed by atoms with Gasteiger partial charge in [0.05, 0.1) is 65.1 Å². The van der Waals surface area contributed by atoms with Gasteiger partial charge in [-0.15, -0.1) is 0 Å². The molecule has 3 heterocycles. The van der Waals surface area contributed by atoms with Crippen LogP contribution < -0.4 is 28.9 Å². The van der Waals surface area contributed by atoms with E-state index in [1.165, 1.54) is 136 Å². The van der Waals surface area contributed by atoms with Crippen molar-refractivity contribution in [1.82, 2.24) is 19.9 Å². The van der Waals surface area contributed by atoms with Gasteiger partial charge in [0.1, 0.15) is 17.2 Å². The lowest BCUT2D eigenvalue weighted by molar-refractivity contribution is -0.191. The number of carbonyl (C=O) groups excluding carboxylic acids is 2. The highest BCUT2D eigenvalue weighted by molar-refractivity contribution is 6.19. The van der Waals surface area contributed by atoms with E-state index in [2.05, 4.69) is 274 Å². The van der Waals surface area contributed by atoms with E-state index < -0.39 is 17.9 Å². The summed E-state index contributed by atoms with van der Waals surface area (Å²) in [6.45, 7) is 51.9. The molecule has 0 saturated heterocycles. The molecule has 6 aromatic carbocycles. The summed E-state index contributed by atoms with van der Waals surface area (Å²) in [6.07, 6.45) is 30.7. The normalized spacial score (nSPS) is 16.8. The molecule has 0 saturated carbocycles. The first kappa shape index (κ1) is 104. The number of carbonyl (C=O) groups is 3. The third kappa shape index (κ3) is 24.9. The van der Waals surface area contributed by atoms with E-state index >= 15 is 0 Å². The van der Waals surface area contributed by atoms with E-state index in [0.29, 0.717) is 37.3 Å².